The number of aromatic hydroxyl groups is 1. The highest BCUT2D eigenvalue weighted by molar-refractivity contribution is 5.81. The fraction of sp³-hybridized carbons (Fsp3) is 0.167. The molecule has 0 amide bonds. The van der Waals surface area contributed by atoms with Crippen molar-refractivity contribution in [3.05, 3.63) is 66.7 Å². The van der Waals surface area contributed by atoms with E-state index in [0.717, 1.165) is 23.2 Å². The summed E-state index contributed by atoms with van der Waals surface area (Å²) in [5.41, 5.74) is 4.07. The predicted octanol–water partition coefficient (Wildman–Crippen LogP) is 4.24. The first-order chi connectivity index (χ1) is 15.7. The van der Waals surface area contributed by atoms with Crippen LogP contribution in [-0.4, -0.2) is 40.5 Å². The van der Waals surface area contributed by atoms with Gasteiger partial charge in [-0.15, -0.1) is 0 Å². The Morgan fingerprint density at radius 1 is 1.12 bits per heavy atom. The summed E-state index contributed by atoms with van der Waals surface area (Å²) in [4.78, 5) is 11.9. The van der Waals surface area contributed by atoms with Gasteiger partial charge in [0.25, 0.3) is 0 Å². The number of imidazole rings is 1. The van der Waals surface area contributed by atoms with Crippen molar-refractivity contribution in [2.45, 2.75) is 6.42 Å². The second-order valence-corrected chi connectivity index (χ2v) is 7.30. The monoisotopic (exact) mass is 430 g/mol. The first-order valence-electron chi connectivity index (χ1n) is 10.2. The fourth-order valence-corrected chi connectivity index (χ4v) is 3.67. The van der Waals surface area contributed by atoms with Crippen molar-refractivity contribution in [2.75, 3.05) is 25.8 Å². The third-order valence-corrected chi connectivity index (χ3v) is 5.27. The Hall–Kier alpha value is -4.20. The highest BCUT2D eigenvalue weighted by Crippen LogP contribution is 2.43. The van der Waals surface area contributed by atoms with Crippen molar-refractivity contribution in [2.24, 2.45) is 0 Å². The SMILES string of the molecule is COc1ccc(-c2cc(-c3cccc4c3OCO4)cc(NCCc3cnc[nH]3)n2)c(O)c1. The van der Waals surface area contributed by atoms with Gasteiger partial charge in [0.05, 0.1) is 19.1 Å². The van der Waals surface area contributed by atoms with E-state index in [1.165, 1.54) is 0 Å². The summed E-state index contributed by atoms with van der Waals surface area (Å²) in [6.45, 7) is 0.859. The molecule has 2 aromatic heterocycles. The molecule has 0 spiro atoms. The number of phenols is 1. The molecular weight excluding hydrogens is 408 g/mol. The molecule has 2 aromatic carbocycles. The second kappa shape index (κ2) is 8.50. The summed E-state index contributed by atoms with van der Waals surface area (Å²) in [5.74, 6) is 2.76. The van der Waals surface area contributed by atoms with Crippen LogP contribution in [0.15, 0.2) is 61.1 Å². The van der Waals surface area contributed by atoms with E-state index in [9.17, 15) is 5.11 Å². The molecular formula is C24H22N4O4. The molecule has 0 saturated carbocycles. The van der Waals surface area contributed by atoms with Crippen LogP contribution < -0.4 is 19.5 Å². The molecule has 5 rings (SSSR count). The van der Waals surface area contributed by atoms with Gasteiger partial charge in [0.2, 0.25) is 6.79 Å². The van der Waals surface area contributed by atoms with Gasteiger partial charge < -0.3 is 29.6 Å². The number of para-hydroxylation sites is 1. The largest absolute Gasteiger partial charge is 0.507 e. The lowest BCUT2D eigenvalue weighted by Gasteiger charge is -2.13. The highest BCUT2D eigenvalue weighted by atomic mass is 16.7. The number of anilines is 1. The number of pyridine rings is 1. The van der Waals surface area contributed by atoms with E-state index < -0.39 is 0 Å². The number of rotatable bonds is 7. The summed E-state index contributed by atoms with van der Waals surface area (Å²) >= 11 is 0. The van der Waals surface area contributed by atoms with Crippen LogP contribution in [0.4, 0.5) is 5.82 Å². The lowest BCUT2D eigenvalue weighted by atomic mass is 10.0. The Morgan fingerprint density at radius 2 is 2.06 bits per heavy atom. The number of aromatic amines is 1. The van der Waals surface area contributed by atoms with Crippen LogP contribution in [0.2, 0.25) is 0 Å². The third kappa shape index (κ3) is 3.90. The molecule has 0 saturated heterocycles. The molecule has 0 atom stereocenters. The quantitative estimate of drug-likeness (QED) is 0.403. The summed E-state index contributed by atoms with van der Waals surface area (Å²) in [7, 11) is 1.56. The van der Waals surface area contributed by atoms with Crippen molar-refractivity contribution in [1.29, 1.82) is 0 Å². The number of nitrogens with zero attached hydrogens (tertiary/aromatic N) is 2. The van der Waals surface area contributed by atoms with Gasteiger partial charge in [0.15, 0.2) is 11.5 Å². The van der Waals surface area contributed by atoms with Gasteiger partial charge in [-0.25, -0.2) is 9.97 Å². The number of benzene rings is 2. The van der Waals surface area contributed by atoms with E-state index in [2.05, 4.69) is 15.3 Å². The topological polar surface area (TPSA) is 102 Å². The van der Waals surface area contributed by atoms with Crippen molar-refractivity contribution in [3.63, 3.8) is 0 Å². The van der Waals surface area contributed by atoms with Crippen LogP contribution in [0, 0.1) is 0 Å². The van der Waals surface area contributed by atoms with Crippen LogP contribution in [-0.2, 0) is 6.42 Å². The smallest absolute Gasteiger partial charge is 0.231 e. The second-order valence-electron chi connectivity index (χ2n) is 7.30. The molecule has 0 fully saturated rings. The molecule has 8 heteroatoms. The van der Waals surface area contributed by atoms with Gasteiger partial charge in [-0.05, 0) is 35.9 Å². The van der Waals surface area contributed by atoms with Crippen LogP contribution in [0.3, 0.4) is 0 Å². The number of fused-ring (bicyclic) bond motifs is 1. The maximum Gasteiger partial charge on any atom is 0.231 e. The average Bonchev–Trinajstić information content (AvgIpc) is 3.50. The maximum atomic E-state index is 10.6. The van der Waals surface area contributed by atoms with E-state index in [1.807, 2.05) is 30.3 Å². The predicted molar refractivity (Wildman–Crippen MR) is 120 cm³/mol. The minimum Gasteiger partial charge on any atom is -0.507 e. The third-order valence-electron chi connectivity index (χ3n) is 5.27. The van der Waals surface area contributed by atoms with E-state index in [1.54, 1.807) is 37.8 Å². The van der Waals surface area contributed by atoms with Gasteiger partial charge in [-0.1, -0.05) is 12.1 Å². The molecule has 32 heavy (non-hydrogen) atoms. The molecule has 0 unspecified atom stereocenters. The molecule has 4 aromatic rings. The molecule has 1 aliphatic heterocycles. The van der Waals surface area contributed by atoms with Gasteiger partial charge in [-0.3, -0.25) is 0 Å². The number of methoxy groups -OCH3 is 1. The number of nitrogens with one attached hydrogen (secondary N) is 2. The number of hydrogen-bond acceptors (Lipinski definition) is 7. The highest BCUT2D eigenvalue weighted by Gasteiger charge is 2.20. The average molecular weight is 430 g/mol. The van der Waals surface area contributed by atoms with E-state index in [0.29, 0.717) is 40.9 Å². The van der Waals surface area contributed by atoms with Crippen LogP contribution in [0.1, 0.15) is 5.69 Å². The van der Waals surface area contributed by atoms with Crippen LogP contribution in [0.5, 0.6) is 23.0 Å². The maximum absolute atomic E-state index is 10.6. The van der Waals surface area contributed by atoms with E-state index in [-0.39, 0.29) is 12.5 Å². The van der Waals surface area contributed by atoms with Gasteiger partial charge in [0.1, 0.15) is 17.3 Å². The lowest BCUT2D eigenvalue weighted by molar-refractivity contribution is 0.174. The summed E-state index contributed by atoms with van der Waals surface area (Å²) in [6.07, 6.45) is 4.24. The molecule has 1 aliphatic rings. The fourth-order valence-electron chi connectivity index (χ4n) is 3.67. The van der Waals surface area contributed by atoms with Crippen LogP contribution >= 0.6 is 0 Å². The molecule has 3 N–H and O–H groups in total. The van der Waals surface area contributed by atoms with Crippen LogP contribution in [0.25, 0.3) is 22.4 Å². The number of ether oxygens (including phenoxy) is 3. The van der Waals surface area contributed by atoms with Crippen molar-refractivity contribution in [1.82, 2.24) is 15.0 Å². The number of aromatic nitrogens is 3. The van der Waals surface area contributed by atoms with Gasteiger partial charge in [0, 0.05) is 42.0 Å². The zero-order chi connectivity index (χ0) is 21.9. The number of phenolic OH excluding ortho intramolecular Hbond substituents is 1. The molecule has 3 heterocycles. The van der Waals surface area contributed by atoms with Gasteiger partial charge in [-0.2, -0.15) is 0 Å². The molecule has 162 valence electrons. The minimum absolute atomic E-state index is 0.0929. The Bertz CT molecular complexity index is 1240. The van der Waals surface area contributed by atoms with Crippen molar-refractivity contribution < 1.29 is 19.3 Å². The zero-order valence-electron chi connectivity index (χ0n) is 17.5. The Balaban J connectivity index is 1.54. The molecule has 0 bridgehead atoms. The zero-order valence-corrected chi connectivity index (χ0v) is 17.5. The van der Waals surface area contributed by atoms with Gasteiger partial charge >= 0.3 is 0 Å². The molecule has 8 nitrogen and oxygen atoms in total. The van der Waals surface area contributed by atoms with Crippen molar-refractivity contribution >= 4 is 5.82 Å². The van der Waals surface area contributed by atoms with E-state index >= 15 is 0 Å². The minimum atomic E-state index is 0.0929. The first kappa shape index (κ1) is 19.7. The lowest BCUT2D eigenvalue weighted by Crippen LogP contribution is -2.07. The summed E-state index contributed by atoms with van der Waals surface area (Å²) < 4.78 is 16.5. The summed E-state index contributed by atoms with van der Waals surface area (Å²) in [5, 5.41) is 14.0. The molecule has 0 radical (unpaired) electrons. The Labute approximate surface area is 184 Å². The first-order valence-corrected chi connectivity index (χ1v) is 10.2. The standard InChI is InChI=1S/C24H22N4O4/c1-30-17-5-6-19(21(29)11-17)20-9-15(18-3-2-4-22-24(18)32-14-31-22)10-23(28-20)26-8-7-16-12-25-13-27-16/h2-6,9-13,29H,7-8,14H2,1H3,(H,25,27)(H,26,28). The Kier molecular flexibility index (Phi) is 5.25. The molecule has 0 aliphatic carbocycles. The normalized spacial score (nSPS) is 12.0. The number of H-pyrrole nitrogens is 1. The van der Waals surface area contributed by atoms with E-state index in [4.69, 9.17) is 19.2 Å². The number of hydrogen-bond donors (Lipinski definition) is 3. The Morgan fingerprint density at radius 3 is 2.88 bits per heavy atom. The van der Waals surface area contributed by atoms with Crippen molar-refractivity contribution in [3.8, 4) is 45.4 Å². The summed E-state index contributed by atoms with van der Waals surface area (Å²) in [6, 6.07) is 14.9.